The number of thiazole rings is 1. The molecule has 6 rings (SSSR count). The smallest absolute Gasteiger partial charge is 0.255 e. The molecular formula is C39H50N8O6S. The molecule has 2 fully saturated rings. The number of hydrogen-bond donors (Lipinski definition) is 5. The number of imide groups is 1. The van der Waals surface area contributed by atoms with Crippen LogP contribution in [0, 0.1) is 5.41 Å². The van der Waals surface area contributed by atoms with E-state index in [9.17, 15) is 24.0 Å². The normalized spacial score (nSPS) is 17.9. The van der Waals surface area contributed by atoms with E-state index in [1.165, 1.54) is 16.2 Å². The van der Waals surface area contributed by atoms with Crippen LogP contribution in [0.5, 0.6) is 0 Å². The Bertz CT molecular complexity index is 1780. The van der Waals surface area contributed by atoms with Gasteiger partial charge in [-0.15, -0.1) is 11.3 Å². The minimum Gasteiger partial charge on any atom is -0.381 e. The number of piperidine rings is 1. The van der Waals surface area contributed by atoms with Crippen molar-refractivity contribution >= 4 is 57.5 Å². The standard InChI is InChI=1S/C39H50N8O6S/c48-33-14-13-31(35(50)46-33)47-26-27-23-28(11-12-30(27)36(47)51)44-34(49)25-40-17-4-6-20-53-21-7-5-18-41-37(52)39(15-2-1-3-16-39)24-29-9-8-10-32(43-29)45-38-42-19-22-54-38/h8-12,19,22-23,31,40H,1-7,13-18,20-21,24-26H2,(H,41,52)(H,44,49)(H,42,43,45)(H,46,48,50). The van der Waals surface area contributed by atoms with Gasteiger partial charge in [-0.2, -0.15) is 0 Å². The van der Waals surface area contributed by atoms with Crippen LogP contribution in [0.4, 0.5) is 16.6 Å². The number of hydrogen-bond acceptors (Lipinski definition) is 11. The van der Waals surface area contributed by atoms with Gasteiger partial charge in [0.1, 0.15) is 11.9 Å². The summed E-state index contributed by atoms with van der Waals surface area (Å²) in [6, 6.07) is 10.3. The van der Waals surface area contributed by atoms with E-state index in [0.29, 0.717) is 50.4 Å². The van der Waals surface area contributed by atoms with Crippen LogP contribution >= 0.6 is 11.3 Å². The van der Waals surface area contributed by atoms with Crippen LogP contribution in [0.25, 0.3) is 0 Å². The number of fused-ring (bicyclic) bond motifs is 1. The summed E-state index contributed by atoms with van der Waals surface area (Å²) in [5, 5.41) is 17.5. The maximum Gasteiger partial charge on any atom is 0.255 e. The Balaban J connectivity index is 0.805. The van der Waals surface area contributed by atoms with Crippen molar-refractivity contribution in [3.63, 3.8) is 0 Å². The summed E-state index contributed by atoms with van der Waals surface area (Å²) in [6.45, 7) is 2.98. The molecule has 1 aliphatic carbocycles. The lowest BCUT2D eigenvalue weighted by Crippen LogP contribution is -2.52. The number of carbonyl (C=O) groups excluding carboxylic acids is 5. The average molecular weight is 759 g/mol. The monoisotopic (exact) mass is 758 g/mol. The van der Waals surface area contributed by atoms with E-state index in [2.05, 4.69) is 31.6 Å². The first-order valence-corrected chi connectivity index (χ1v) is 19.9. The molecule has 1 unspecified atom stereocenters. The Labute approximate surface area is 319 Å². The molecule has 5 N–H and O–H groups in total. The van der Waals surface area contributed by atoms with Crippen molar-refractivity contribution in [2.45, 2.75) is 89.6 Å². The summed E-state index contributed by atoms with van der Waals surface area (Å²) >= 11 is 1.52. The maximum absolute atomic E-state index is 13.5. The zero-order valence-electron chi connectivity index (χ0n) is 30.6. The predicted octanol–water partition coefficient (Wildman–Crippen LogP) is 4.46. The summed E-state index contributed by atoms with van der Waals surface area (Å²) in [4.78, 5) is 73.3. The Kier molecular flexibility index (Phi) is 13.7. The molecule has 14 nitrogen and oxygen atoms in total. The first kappa shape index (κ1) is 39.0. The Hall–Kier alpha value is -4.73. The fourth-order valence-electron chi connectivity index (χ4n) is 7.44. The van der Waals surface area contributed by atoms with E-state index < -0.39 is 17.4 Å². The van der Waals surface area contributed by atoms with E-state index in [1.807, 2.05) is 23.6 Å². The van der Waals surface area contributed by atoms with E-state index in [1.54, 1.807) is 24.4 Å². The van der Waals surface area contributed by atoms with Crippen molar-refractivity contribution in [1.82, 2.24) is 30.8 Å². The largest absolute Gasteiger partial charge is 0.381 e. The topological polar surface area (TPSA) is 184 Å². The number of ether oxygens (including phenoxy) is 1. The Morgan fingerprint density at radius 1 is 1.00 bits per heavy atom. The van der Waals surface area contributed by atoms with E-state index in [4.69, 9.17) is 9.72 Å². The average Bonchev–Trinajstić information content (AvgIpc) is 3.79. The molecule has 3 aliphatic rings. The van der Waals surface area contributed by atoms with Gasteiger partial charge in [0.25, 0.3) is 5.91 Å². The molecule has 5 amide bonds. The van der Waals surface area contributed by atoms with Gasteiger partial charge in [-0.3, -0.25) is 29.3 Å². The maximum atomic E-state index is 13.5. The first-order chi connectivity index (χ1) is 26.3. The summed E-state index contributed by atoms with van der Waals surface area (Å²) < 4.78 is 5.81. The lowest BCUT2D eigenvalue weighted by atomic mass is 9.70. The van der Waals surface area contributed by atoms with Crippen LogP contribution < -0.4 is 26.6 Å². The first-order valence-electron chi connectivity index (χ1n) is 19.1. The van der Waals surface area contributed by atoms with Crippen LogP contribution in [0.15, 0.2) is 48.0 Å². The summed E-state index contributed by atoms with van der Waals surface area (Å²) in [5.74, 6) is -0.339. The van der Waals surface area contributed by atoms with Crippen LogP contribution in [0.3, 0.4) is 0 Å². The lowest BCUT2D eigenvalue weighted by molar-refractivity contribution is -0.137. The van der Waals surface area contributed by atoms with Crippen LogP contribution in [-0.4, -0.2) is 83.3 Å². The number of unbranched alkanes of at least 4 members (excludes halogenated alkanes) is 2. The molecule has 288 valence electrons. The number of anilines is 3. The molecule has 2 aliphatic heterocycles. The highest BCUT2D eigenvalue weighted by molar-refractivity contribution is 7.13. The van der Waals surface area contributed by atoms with Crippen molar-refractivity contribution in [2.24, 2.45) is 5.41 Å². The molecular weight excluding hydrogens is 709 g/mol. The summed E-state index contributed by atoms with van der Waals surface area (Å²) in [5.41, 5.74) is 2.31. The Morgan fingerprint density at radius 2 is 1.81 bits per heavy atom. The highest BCUT2D eigenvalue weighted by atomic mass is 32.1. The van der Waals surface area contributed by atoms with Crippen LogP contribution in [-0.2, 0) is 36.9 Å². The van der Waals surface area contributed by atoms with Gasteiger partial charge in [-0.1, -0.05) is 25.3 Å². The molecule has 1 saturated carbocycles. The SMILES string of the molecule is O=C1CCC(N2Cc3cc(NC(=O)CNCCCCOCCCCNC(=O)C4(Cc5cccc(Nc6nccs6)n5)CCCCC4)ccc3C2=O)C(=O)N1. The minimum atomic E-state index is -0.675. The van der Waals surface area contributed by atoms with E-state index in [0.717, 1.165) is 80.0 Å². The molecule has 3 aromatic rings. The fraction of sp³-hybridized carbons (Fsp3) is 0.513. The van der Waals surface area contributed by atoms with Crippen molar-refractivity contribution in [3.8, 4) is 0 Å². The number of nitrogens with zero attached hydrogens (tertiary/aromatic N) is 3. The van der Waals surface area contributed by atoms with E-state index >= 15 is 0 Å². The molecule has 0 bridgehead atoms. The summed E-state index contributed by atoms with van der Waals surface area (Å²) in [6.07, 6.45) is 11.3. The lowest BCUT2D eigenvalue weighted by Gasteiger charge is -2.35. The molecule has 54 heavy (non-hydrogen) atoms. The van der Waals surface area contributed by atoms with Crippen molar-refractivity contribution in [1.29, 1.82) is 0 Å². The zero-order valence-corrected chi connectivity index (χ0v) is 31.4. The highest BCUT2D eigenvalue weighted by Gasteiger charge is 2.40. The molecule has 1 atom stereocenters. The van der Waals surface area contributed by atoms with Gasteiger partial charge in [0, 0.05) is 67.7 Å². The van der Waals surface area contributed by atoms with Crippen molar-refractivity contribution in [3.05, 3.63) is 64.8 Å². The molecule has 15 heteroatoms. The molecule has 2 aromatic heterocycles. The highest BCUT2D eigenvalue weighted by Crippen LogP contribution is 2.39. The number of rotatable bonds is 19. The van der Waals surface area contributed by atoms with Gasteiger partial charge in [0.2, 0.25) is 23.6 Å². The van der Waals surface area contributed by atoms with Gasteiger partial charge in [-0.05, 0) is 87.4 Å². The number of aromatic nitrogens is 2. The Morgan fingerprint density at radius 3 is 2.59 bits per heavy atom. The molecule has 0 spiro atoms. The second-order valence-corrected chi connectivity index (χ2v) is 15.2. The second-order valence-electron chi connectivity index (χ2n) is 14.3. The number of amides is 5. The van der Waals surface area contributed by atoms with E-state index in [-0.39, 0.29) is 43.1 Å². The fourth-order valence-corrected chi connectivity index (χ4v) is 7.97. The zero-order chi connectivity index (χ0) is 37.8. The minimum absolute atomic E-state index is 0.131. The predicted molar refractivity (Wildman–Crippen MR) is 205 cm³/mol. The molecule has 1 saturated heterocycles. The number of nitrogens with one attached hydrogen (secondary N) is 5. The third-order valence-electron chi connectivity index (χ3n) is 10.3. The summed E-state index contributed by atoms with van der Waals surface area (Å²) in [7, 11) is 0. The third kappa shape index (κ3) is 10.5. The molecule has 1 aromatic carbocycles. The van der Waals surface area contributed by atoms with Gasteiger partial charge < -0.3 is 30.9 Å². The van der Waals surface area contributed by atoms with Gasteiger partial charge in [0.15, 0.2) is 5.13 Å². The number of pyridine rings is 1. The van der Waals surface area contributed by atoms with Crippen LogP contribution in [0.2, 0.25) is 0 Å². The van der Waals surface area contributed by atoms with Gasteiger partial charge >= 0.3 is 0 Å². The quantitative estimate of drug-likeness (QED) is 0.0865. The van der Waals surface area contributed by atoms with Crippen LogP contribution in [0.1, 0.15) is 92.2 Å². The van der Waals surface area contributed by atoms with Gasteiger partial charge in [-0.25, -0.2) is 9.97 Å². The molecule has 0 radical (unpaired) electrons. The third-order valence-corrected chi connectivity index (χ3v) is 11.0. The number of benzene rings is 1. The molecule has 4 heterocycles. The van der Waals surface area contributed by atoms with Crippen molar-refractivity contribution < 1.29 is 28.7 Å². The van der Waals surface area contributed by atoms with Gasteiger partial charge in [0.05, 0.1) is 12.0 Å². The second kappa shape index (κ2) is 19.0. The van der Waals surface area contributed by atoms with Crippen molar-refractivity contribution in [2.75, 3.05) is 43.5 Å². The number of carbonyl (C=O) groups is 5.